The summed E-state index contributed by atoms with van der Waals surface area (Å²) in [6.07, 6.45) is 2.28. The summed E-state index contributed by atoms with van der Waals surface area (Å²) in [6.45, 7) is 2.54. The zero-order valence-corrected chi connectivity index (χ0v) is 16.1. The fraction of sp³-hybridized carbons (Fsp3) is 0.235. The topological polar surface area (TPSA) is 68.9 Å². The van der Waals surface area contributed by atoms with Crippen LogP contribution in [0.25, 0.3) is 11.0 Å². The van der Waals surface area contributed by atoms with Crippen molar-refractivity contribution < 1.29 is 0 Å². The van der Waals surface area contributed by atoms with E-state index in [-0.39, 0.29) is 11.1 Å². The van der Waals surface area contributed by atoms with Crippen LogP contribution in [0.2, 0.25) is 5.02 Å². The number of hydrogen-bond donors (Lipinski definition) is 1. The van der Waals surface area contributed by atoms with Gasteiger partial charge in [0.05, 0.1) is 22.7 Å². The van der Waals surface area contributed by atoms with Crippen LogP contribution < -0.4 is 16.4 Å². The Morgan fingerprint density at radius 3 is 2.68 bits per heavy atom. The molecule has 0 aliphatic heterocycles. The van der Waals surface area contributed by atoms with Crippen molar-refractivity contribution in [2.45, 2.75) is 19.9 Å². The maximum Gasteiger partial charge on any atom is 0.264 e. The van der Waals surface area contributed by atoms with Gasteiger partial charge in [-0.25, -0.2) is 4.98 Å². The third kappa shape index (κ3) is 3.34. The van der Waals surface area contributed by atoms with Crippen molar-refractivity contribution in [3.8, 4) is 0 Å². The Morgan fingerprint density at radius 1 is 1.24 bits per heavy atom. The lowest BCUT2D eigenvalue weighted by molar-refractivity contribution is 0.645. The molecular weight excluding hydrogens is 408 g/mol. The minimum absolute atomic E-state index is 0.196. The summed E-state index contributed by atoms with van der Waals surface area (Å²) in [5.74, 6) is 0. The molecule has 0 spiro atoms. The molecule has 0 saturated heterocycles. The van der Waals surface area contributed by atoms with Gasteiger partial charge in [0.2, 0.25) is 0 Å². The van der Waals surface area contributed by atoms with Crippen molar-refractivity contribution in [1.82, 2.24) is 14.1 Å². The summed E-state index contributed by atoms with van der Waals surface area (Å²) in [5, 5.41) is 3.93. The maximum atomic E-state index is 12.9. The van der Waals surface area contributed by atoms with Gasteiger partial charge in [-0.05, 0) is 24.6 Å². The van der Waals surface area contributed by atoms with E-state index in [0.29, 0.717) is 34.0 Å². The number of pyridine rings is 1. The average Bonchev–Trinajstić information content (AvgIpc) is 2.57. The van der Waals surface area contributed by atoms with Gasteiger partial charge in [0.1, 0.15) is 5.39 Å². The molecule has 130 valence electrons. The van der Waals surface area contributed by atoms with Crippen molar-refractivity contribution in [1.29, 1.82) is 0 Å². The van der Waals surface area contributed by atoms with Crippen LogP contribution in [0.4, 0.5) is 11.4 Å². The number of hydrogen-bond acceptors (Lipinski definition) is 4. The molecule has 2 aromatic heterocycles. The number of nitrogens with one attached hydrogen (secondary N) is 1. The number of aromatic nitrogens is 3. The highest BCUT2D eigenvalue weighted by Crippen LogP contribution is 2.29. The molecule has 0 aliphatic rings. The van der Waals surface area contributed by atoms with Crippen LogP contribution in [0.5, 0.6) is 0 Å². The summed E-state index contributed by atoms with van der Waals surface area (Å²) in [7, 11) is 1.59. The third-order valence-corrected chi connectivity index (χ3v) is 4.67. The van der Waals surface area contributed by atoms with Gasteiger partial charge < -0.3 is 5.32 Å². The molecule has 0 fully saturated rings. The Balaban J connectivity index is 2.26. The summed E-state index contributed by atoms with van der Waals surface area (Å²) >= 11 is 9.60. The Kier molecular flexibility index (Phi) is 4.96. The highest BCUT2D eigenvalue weighted by Gasteiger charge is 2.14. The standard InChI is InChI=1S/C17H16BrClN4O2/c1-3-6-23-9-20-16-15(17(23)25)13(8-14(24)22(16)2)21-12-5-4-10(18)7-11(12)19/h4-5,7-9,21H,3,6H2,1-2H3. The molecule has 0 atom stereocenters. The Hall–Kier alpha value is -2.12. The van der Waals surface area contributed by atoms with E-state index < -0.39 is 0 Å². The number of nitrogens with zero attached hydrogens (tertiary/aromatic N) is 3. The molecule has 3 rings (SSSR count). The fourth-order valence-electron chi connectivity index (χ4n) is 2.60. The van der Waals surface area contributed by atoms with Gasteiger partial charge in [-0.3, -0.25) is 18.7 Å². The molecule has 1 N–H and O–H groups in total. The highest BCUT2D eigenvalue weighted by molar-refractivity contribution is 9.10. The average molecular weight is 424 g/mol. The van der Waals surface area contributed by atoms with Gasteiger partial charge in [-0.15, -0.1) is 0 Å². The van der Waals surface area contributed by atoms with E-state index in [4.69, 9.17) is 11.6 Å². The molecule has 0 saturated carbocycles. The van der Waals surface area contributed by atoms with Crippen LogP contribution in [0.15, 0.2) is 44.7 Å². The highest BCUT2D eigenvalue weighted by atomic mass is 79.9. The van der Waals surface area contributed by atoms with Crippen LogP contribution in [0, 0.1) is 0 Å². The molecule has 0 bridgehead atoms. The molecule has 0 amide bonds. The molecule has 0 aliphatic carbocycles. The second-order valence-electron chi connectivity index (χ2n) is 5.65. The predicted molar refractivity (Wildman–Crippen MR) is 104 cm³/mol. The minimum Gasteiger partial charge on any atom is -0.353 e. The molecule has 8 heteroatoms. The number of aryl methyl sites for hydroxylation is 2. The van der Waals surface area contributed by atoms with Gasteiger partial charge in [0.15, 0.2) is 5.65 Å². The van der Waals surface area contributed by atoms with E-state index in [1.165, 1.54) is 17.0 Å². The SMILES string of the molecule is CCCn1cnc2c(c(Nc3ccc(Br)cc3Cl)cc(=O)n2C)c1=O. The monoisotopic (exact) mass is 422 g/mol. The van der Waals surface area contributed by atoms with E-state index >= 15 is 0 Å². The number of fused-ring (bicyclic) bond motifs is 1. The summed E-state index contributed by atoms with van der Waals surface area (Å²) in [6, 6.07) is 6.72. The zero-order chi connectivity index (χ0) is 18.1. The zero-order valence-electron chi connectivity index (χ0n) is 13.7. The largest absolute Gasteiger partial charge is 0.353 e. The normalized spacial score (nSPS) is 11.0. The first-order chi connectivity index (χ1) is 11.9. The van der Waals surface area contributed by atoms with Gasteiger partial charge in [0.25, 0.3) is 11.1 Å². The van der Waals surface area contributed by atoms with Gasteiger partial charge in [-0.2, -0.15) is 0 Å². The van der Waals surface area contributed by atoms with E-state index in [1.54, 1.807) is 23.7 Å². The quantitative estimate of drug-likeness (QED) is 0.695. The van der Waals surface area contributed by atoms with Crippen molar-refractivity contribution in [2.75, 3.05) is 5.32 Å². The molecule has 25 heavy (non-hydrogen) atoms. The second kappa shape index (κ2) is 7.01. The lowest BCUT2D eigenvalue weighted by Crippen LogP contribution is -2.26. The van der Waals surface area contributed by atoms with Crippen LogP contribution >= 0.6 is 27.5 Å². The number of rotatable bonds is 4. The first kappa shape index (κ1) is 17.7. The van der Waals surface area contributed by atoms with Crippen molar-refractivity contribution in [3.05, 3.63) is 60.8 Å². The molecule has 2 heterocycles. The Labute approximate surface area is 157 Å². The molecule has 3 aromatic rings. The van der Waals surface area contributed by atoms with E-state index in [1.807, 2.05) is 13.0 Å². The van der Waals surface area contributed by atoms with E-state index in [0.717, 1.165) is 10.9 Å². The molecule has 6 nitrogen and oxygen atoms in total. The first-order valence-corrected chi connectivity index (χ1v) is 8.90. The van der Waals surface area contributed by atoms with Crippen LogP contribution in [0.3, 0.4) is 0 Å². The number of benzene rings is 1. The maximum absolute atomic E-state index is 12.9. The Bertz CT molecular complexity index is 1070. The van der Waals surface area contributed by atoms with Gasteiger partial charge in [-0.1, -0.05) is 34.5 Å². The van der Waals surface area contributed by atoms with E-state index in [2.05, 4.69) is 26.2 Å². The fourth-order valence-corrected chi connectivity index (χ4v) is 3.32. The van der Waals surface area contributed by atoms with Crippen LogP contribution in [-0.4, -0.2) is 14.1 Å². The Morgan fingerprint density at radius 2 is 2.00 bits per heavy atom. The van der Waals surface area contributed by atoms with Gasteiger partial charge in [0, 0.05) is 24.1 Å². The number of anilines is 2. The lowest BCUT2D eigenvalue weighted by Gasteiger charge is -2.14. The summed E-state index contributed by atoms with van der Waals surface area (Å²) in [4.78, 5) is 29.4. The van der Waals surface area contributed by atoms with Crippen LogP contribution in [0.1, 0.15) is 13.3 Å². The first-order valence-electron chi connectivity index (χ1n) is 7.73. The summed E-state index contributed by atoms with van der Waals surface area (Å²) in [5.41, 5.74) is 0.872. The van der Waals surface area contributed by atoms with Crippen molar-refractivity contribution in [2.24, 2.45) is 7.05 Å². The van der Waals surface area contributed by atoms with Gasteiger partial charge >= 0.3 is 0 Å². The van der Waals surface area contributed by atoms with Crippen molar-refractivity contribution >= 4 is 49.9 Å². The predicted octanol–water partition coefficient (Wildman–Crippen LogP) is 3.66. The van der Waals surface area contributed by atoms with Crippen LogP contribution in [-0.2, 0) is 13.6 Å². The lowest BCUT2D eigenvalue weighted by atomic mass is 10.2. The molecule has 0 unspecified atom stereocenters. The smallest absolute Gasteiger partial charge is 0.264 e. The minimum atomic E-state index is -0.261. The molecular formula is C17H16BrClN4O2. The second-order valence-corrected chi connectivity index (χ2v) is 6.97. The van der Waals surface area contributed by atoms with Crippen molar-refractivity contribution in [3.63, 3.8) is 0 Å². The third-order valence-electron chi connectivity index (χ3n) is 3.87. The van der Waals surface area contributed by atoms with E-state index in [9.17, 15) is 9.59 Å². The molecule has 1 aromatic carbocycles. The summed E-state index contributed by atoms with van der Waals surface area (Å²) < 4.78 is 3.74. The number of halogens is 2. The molecule has 0 radical (unpaired) electrons.